The molecule has 0 saturated heterocycles. The minimum Gasteiger partial charge on any atom is -0.393 e. The van der Waals surface area contributed by atoms with Crippen molar-refractivity contribution >= 4 is 27.3 Å². The van der Waals surface area contributed by atoms with Gasteiger partial charge in [-0.3, -0.25) is 0 Å². The zero-order valence-electron chi connectivity index (χ0n) is 9.67. The summed E-state index contributed by atoms with van der Waals surface area (Å²) in [6.07, 6.45) is 3.35. The molecule has 2 heterocycles. The Morgan fingerprint density at radius 2 is 2.06 bits per heavy atom. The highest BCUT2D eigenvalue weighted by molar-refractivity contribution is 9.11. The molecule has 2 aromatic rings. The van der Waals surface area contributed by atoms with Crippen LogP contribution in [0, 0.1) is 0 Å². The van der Waals surface area contributed by atoms with Gasteiger partial charge in [0.2, 0.25) is 11.7 Å². The lowest BCUT2D eigenvalue weighted by molar-refractivity contribution is 0.116. The van der Waals surface area contributed by atoms with Crippen molar-refractivity contribution in [1.29, 1.82) is 0 Å². The third-order valence-electron chi connectivity index (χ3n) is 3.28. The van der Waals surface area contributed by atoms with Crippen LogP contribution in [0.3, 0.4) is 0 Å². The predicted octanol–water partition coefficient (Wildman–Crippen LogP) is 3.58. The molecule has 0 aliphatic heterocycles. The van der Waals surface area contributed by atoms with Gasteiger partial charge in [0, 0.05) is 5.92 Å². The molecule has 0 bridgehead atoms. The topological polar surface area (TPSA) is 59.2 Å². The van der Waals surface area contributed by atoms with Crippen LogP contribution in [-0.4, -0.2) is 21.4 Å². The van der Waals surface area contributed by atoms with Crippen LogP contribution in [-0.2, 0) is 0 Å². The van der Waals surface area contributed by atoms with Gasteiger partial charge in [-0.2, -0.15) is 4.98 Å². The molecular weight excluding hydrogens is 316 g/mol. The van der Waals surface area contributed by atoms with Crippen molar-refractivity contribution in [3.05, 3.63) is 21.8 Å². The standard InChI is InChI=1S/C12H13BrN2O2S/c13-10-6-5-9(18-10)11-14-12(17-15-11)7-1-3-8(16)4-2-7/h5-8,16H,1-4H2. The molecular formula is C12H13BrN2O2S. The minimum absolute atomic E-state index is 0.156. The van der Waals surface area contributed by atoms with E-state index in [1.165, 1.54) is 0 Å². The van der Waals surface area contributed by atoms with Crippen molar-refractivity contribution < 1.29 is 9.63 Å². The second kappa shape index (κ2) is 5.11. The van der Waals surface area contributed by atoms with Gasteiger partial charge in [-0.05, 0) is 53.7 Å². The molecule has 18 heavy (non-hydrogen) atoms. The summed E-state index contributed by atoms with van der Waals surface area (Å²) < 4.78 is 6.41. The first-order valence-electron chi connectivity index (χ1n) is 6.00. The van der Waals surface area contributed by atoms with Gasteiger partial charge in [0.1, 0.15) is 0 Å². The van der Waals surface area contributed by atoms with E-state index in [-0.39, 0.29) is 6.10 Å². The Bertz CT molecular complexity index is 532. The molecule has 0 amide bonds. The highest BCUT2D eigenvalue weighted by atomic mass is 79.9. The van der Waals surface area contributed by atoms with Crippen LogP contribution in [0.15, 0.2) is 20.4 Å². The second-order valence-corrected chi connectivity index (χ2v) is 7.03. The molecule has 1 N–H and O–H groups in total. The summed E-state index contributed by atoms with van der Waals surface area (Å²) in [5, 5.41) is 13.5. The molecule has 1 saturated carbocycles. The molecule has 3 rings (SSSR count). The number of halogens is 1. The molecule has 0 atom stereocenters. The van der Waals surface area contributed by atoms with E-state index < -0.39 is 0 Å². The normalized spacial score (nSPS) is 24.3. The van der Waals surface area contributed by atoms with E-state index >= 15 is 0 Å². The van der Waals surface area contributed by atoms with Crippen molar-refractivity contribution in [3.8, 4) is 10.7 Å². The Kier molecular flexibility index (Phi) is 3.50. The Morgan fingerprint density at radius 1 is 1.28 bits per heavy atom. The molecule has 0 aromatic carbocycles. The van der Waals surface area contributed by atoms with Crippen LogP contribution in [0.25, 0.3) is 10.7 Å². The van der Waals surface area contributed by atoms with Crippen LogP contribution in [0.5, 0.6) is 0 Å². The molecule has 1 fully saturated rings. The first kappa shape index (κ1) is 12.3. The molecule has 6 heteroatoms. The lowest BCUT2D eigenvalue weighted by Crippen LogP contribution is -2.17. The van der Waals surface area contributed by atoms with Gasteiger partial charge in [-0.25, -0.2) is 0 Å². The van der Waals surface area contributed by atoms with E-state index in [1.807, 2.05) is 12.1 Å². The summed E-state index contributed by atoms with van der Waals surface area (Å²) in [7, 11) is 0. The maximum atomic E-state index is 9.49. The lowest BCUT2D eigenvalue weighted by Gasteiger charge is -2.22. The zero-order chi connectivity index (χ0) is 12.5. The molecule has 0 spiro atoms. The van der Waals surface area contributed by atoms with Crippen LogP contribution in [0.2, 0.25) is 0 Å². The van der Waals surface area contributed by atoms with E-state index in [0.29, 0.717) is 17.6 Å². The van der Waals surface area contributed by atoms with Crippen molar-refractivity contribution in [2.24, 2.45) is 0 Å². The summed E-state index contributed by atoms with van der Waals surface area (Å²) >= 11 is 5.02. The number of hydrogen-bond acceptors (Lipinski definition) is 5. The number of rotatable bonds is 2. The number of aliphatic hydroxyl groups excluding tert-OH is 1. The van der Waals surface area contributed by atoms with Gasteiger partial charge < -0.3 is 9.63 Å². The summed E-state index contributed by atoms with van der Waals surface area (Å²) in [6.45, 7) is 0. The minimum atomic E-state index is -0.156. The Hall–Kier alpha value is -0.720. The molecule has 1 aliphatic rings. The van der Waals surface area contributed by atoms with Gasteiger partial charge in [0.25, 0.3) is 0 Å². The highest BCUT2D eigenvalue weighted by Crippen LogP contribution is 2.34. The smallest absolute Gasteiger partial charge is 0.230 e. The van der Waals surface area contributed by atoms with Crippen LogP contribution in [0.4, 0.5) is 0 Å². The second-order valence-electron chi connectivity index (χ2n) is 4.57. The summed E-state index contributed by atoms with van der Waals surface area (Å²) in [4.78, 5) is 5.48. The lowest BCUT2D eigenvalue weighted by atomic mass is 9.87. The van der Waals surface area contributed by atoms with Gasteiger partial charge >= 0.3 is 0 Å². The van der Waals surface area contributed by atoms with Gasteiger partial charge in [0.05, 0.1) is 14.8 Å². The van der Waals surface area contributed by atoms with Crippen molar-refractivity contribution in [2.45, 2.75) is 37.7 Å². The number of thiophene rings is 1. The zero-order valence-corrected chi connectivity index (χ0v) is 12.1. The quantitative estimate of drug-likeness (QED) is 0.915. The highest BCUT2D eigenvalue weighted by Gasteiger charge is 2.25. The molecule has 0 radical (unpaired) electrons. The fourth-order valence-corrected chi connectivity index (χ4v) is 3.57. The third kappa shape index (κ3) is 2.50. The van der Waals surface area contributed by atoms with Gasteiger partial charge in [-0.1, -0.05) is 5.16 Å². The SMILES string of the molecule is OC1CCC(c2nc(-c3ccc(Br)s3)no2)CC1. The maximum Gasteiger partial charge on any atom is 0.230 e. The van der Waals surface area contributed by atoms with E-state index in [1.54, 1.807) is 11.3 Å². The molecule has 1 aliphatic carbocycles. The van der Waals surface area contributed by atoms with E-state index in [2.05, 4.69) is 26.1 Å². The maximum absolute atomic E-state index is 9.49. The summed E-state index contributed by atoms with van der Waals surface area (Å²) in [5.74, 6) is 1.67. The summed E-state index contributed by atoms with van der Waals surface area (Å²) in [5.41, 5.74) is 0. The van der Waals surface area contributed by atoms with Crippen molar-refractivity contribution in [3.63, 3.8) is 0 Å². The van der Waals surface area contributed by atoms with E-state index in [0.717, 1.165) is 34.3 Å². The predicted molar refractivity (Wildman–Crippen MR) is 72.5 cm³/mol. The van der Waals surface area contributed by atoms with Crippen molar-refractivity contribution in [1.82, 2.24) is 10.1 Å². The van der Waals surface area contributed by atoms with Crippen LogP contribution < -0.4 is 0 Å². The van der Waals surface area contributed by atoms with Gasteiger partial charge in [-0.15, -0.1) is 11.3 Å². The average Bonchev–Trinajstić information content (AvgIpc) is 2.98. The monoisotopic (exact) mass is 328 g/mol. The molecule has 4 nitrogen and oxygen atoms in total. The number of aliphatic hydroxyl groups is 1. The largest absolute Gasteiger partial charge is 0.393 e. The average molecular weight is 329 g/mol. The number of aromatic nitrogens is 2. The first-order valence-corrected chi connectivity index (χ1v) is 7.60. The van der Waals surface area contributed by atoms with E-state index in [4.69, 9.17) is 4.52 Å². The number of hydrogen-bond donors (Lipinski definition) is 1. The van der Waals surface area contributed by atoms with E-state index in [9.17, 15) is 5.11 Å². The Labute approximate surface area is 117 Å². The Morgan fingerprint density at radius 3 is 2.72 bits per heavy atom. The van der Waals surface area contributed by atoms with Crippen LogP contribution in [0.1, 0.15) is 37.5 Å². The molecule has 0 unspecified atom stereocenters. The fraction of sp³-hybridized carbons (Fsp3) is 0.500. The van der Waals surface area contributed by atoms with Crippen LogP contribution >= 0.6 is 27.3 Å². The van der Waals surface area contributed by atoms with Crippen molar-refractivity contribution in [2.75, 3.05) is 0 Å². The first-order chi connectivity index (χ1) is 8.72. The fourth-order valence-electron chi connectivity index (χ4n) is 2.26. The van der Waals surface area contributed by atoms with Gasteiger partial charge in [0.15, 0.2) is 0 Å². The molecule has 96 valence electrons. The Balaban J connectivity index is 1.77. The summed E-state index contributed by atoms with van der Waals surface area (Å²) in [6, 6.07) is 3.96. The molecule has 2 aromatic heterocycles. The third-order valence-corrected chi connectivity index (χ3v) is 4.90. The number of nitrogens with zero attached hydrogens (tertiary/aromatic N) is 2.